The van der Waals surface area contributed by atoms with E-state index in [-0.39, 0.29) is 18.4 Å². The smallest absolute Gasteiger partial charge is 0.394 e. The zero-order chi connectivity index (χ0) is 23.1. The molecule has 1 aromatic heterocycles. The first kappa shape index (κ1) is 24.0. The highest BCUT2D eigenvalue weighted by Crippen LogP contribution is 2.30. The van der Waals surface area contributed by atoms with E-state index in [4.69, 9.17) is 9.47 Å². The molecule has 0 spiro atoms. The van der Waals surface area contributed by atoms with E-state index < -0.39 is 29.9 Å². The van der Waals surface area contributed by atoms with Crippen molar-refractivity contribution in [1.29, 1.82) is 0 Å². The van der Waals surface area contributed by atoms with Crippen LogP contribution in [0.3, 0.4) is 0 Å². The topological polar surface area (TPSA) is 111 Å². The van der Waals surface area contributed by atoms with E-state index in [1.54, 1.807) is 18.0 Å². The molecule has 2 aromatic rings. The highest BCUT2D eigenvalue weighted by molar-refractivity contribution is 5.89. The summed E-state index contributed by atoms with van der Waals surface area (Å²) in [6.45, 7) is 0.698. The average Bonchev–Trinajstić information content (AvgIpc) is 3.20. The number of methoxy groups -OCH3 is 1. The van der Waals surface area contributed by atoms with Gasteiger partial charge in [-0.05, 0) is 43.5 Å². The lowest BCUT2D eigenvalue weighted by molar-refractivity contribution is -0.137. The molecule has 1 aromatic carbocycles. The lowest BCUT2D eigenvalue weighted by Gasteiger charge is -2.36. The van der Waals surface area contributed by atoms with Crippen molar-refractivity contribution in [1.82, 2.24) is 20.3 Å². The van der Waals surface area contributed by atoms with Crippen LogP contribution in [0.15, 0.2) is 30.5 Å². The van der Waals surface area contributed by atoms with Crippen LogP contribution in [0.2, 0.25) is 0 Å². The Morgan fingerprint density at radius 3 is 2.72 bits per heavy atom. The van der Waals surface area contributed by atoms with E-state index in [1.165, 1.54) is 12.1 Å². The Kier molecular flexibility index (Phi) is 8.04. The molecule has 1 fully saturated rings. The fourth-order valence-electron chi connectivity index (χ4n) is 3.53. The van der Waals surface area contributed by atoms with Crippen LogP contribution in [0, 0.1) is 0 Å². The number of hydrogen-bond donors (Lipinski definition) is 3. The van der Waals surface area contributed by atoms with Gasteiger partial charge in [0.25, 0.3) is 0 Å². The van der Waals surface area contributed by atoms with Gasteiger partial charge in [0, 0.05) is 19.3 Å². The number of benzene rings is 1. The minimum Gasteiger partial charge on any atom is -0.394 e. The third kappa shape index (κ3) is 6.65. The maximum atomic E-state index is 12.6. The molecule has 2 heterocycles. The summed E-state index contributed by atoms with van der Waals surface area (Å²) in [5.41, 5.74) is 0.163. The summed E-state index contributed by atoms with van der Waals surface area (Å²) in [5.74, 6) is 0. The Morgan fingerprint density at radius 1 is 1.31 bits per heavy atom. The normalized spacial score (nSPS) is 21.3. The van der Waals surface area contributed by atoms with Crippen molar-refractivity contribution in [3.63, 3.8) is 0 Å². The summed E-state index contributed by atoms with van der Waals surface area (Å²) < 4.78 is 50.6. The third-order valence-electron chi connectivity index (χ3n) is 5.14. The zero-order valence-electron chi connectivity index (χ0n) is 17.5. The largest absolute Gasteiger partial charge is 0.416 e. The summed E-state index contributed by atoms with van der Waals surface area (Å²) in [6.07, 6.45) is -1.43. The Hall–Kier alpha value is -2.70. The first-order chi connectivity index (χ1) is 15.3. The van der Waals surface area contributed by atoms with Gasteiger partial charge in [-0.25, -0.2) is 4.79 Å². The number of nitrogens with zero attached hydrogens (tertiary/aromatic N) is 3. The Balaban J connectivity index is 1.46. The second kappa shape index (κ2) is 10.7. The number of carbonyl (C=O) groups is 1. The van der Waals surface area contributed by atoms with Crippen molar-refractivity contribution in [2.24, 2.45) is 0 Å². The van der Waals surface area contributed by atoms with Gasteiger partial charge in [0.15, 0.2) is 0 Å². The number of anilines is 1. The number of hydrogen-bond acceptors (Lipinski definition) is 6. The number of carbonyl (C=O) groups excluding carboxylic acids is 1. The van der Waals surface area contributed by atoms with Crippen molar-refractivity contribution in [2.75, 3.05) is 19.0 Å². The standard InChI is InChI=1S/C20H26F3N5O4/c1-31-12-15-10-28(27-26-15)9-8-16-6-7-17(18(11-29)32-16)25-19(30)24-14-4-2-13(3-5-14)20(21,22)23/h2-5,10,16-18,29H,6-9,11-12H2,1H3,(H2,24,25,30)/t16-,17-,18+/m0/s1. The SMILES string of the molecule is COCc1cn(CC[C@@H]2CC[C@H](NC(=O)Nc3ccc(C(F)(F)F)cc3)[C@@H](CO)O2)nn1. The minimum absolute atomic E-state index is 0.113. The number of aromatic nitrogens is 3. The summed E-state index contributed by atoms with van der Waals surface area (Å²) in [7, 11) is 1.58. The molecule has 3 rings (SSSR count). The van der Waals surface area contributed by atoms with E-state index >= 15 is 0 Å². The van der Waals surface area contributed by atoms with Crippen LogP contribution < -0.4 is 10.6 Å². The predicted molar refractivity (Wildman–Crippen MR) is 108 cm³/mol. The first-order valence-corrected chi connectivity index (χ1v) is 10.2. The molecular formula is C20H26F3N5O4. The molecule has 1 aliphatic rings. The maximum Gasteiger partial charge on any atom is 0.416 e. The molecule has 9 nitrogen and oxygen atoms in total. The number of urea groups is 1. The molecule has 176 valence electrons. The molecule has 32 heavy (non-hydrogen) atoms. The van der Waals surface area contributed by atoms with E-state index in [1.807, 2.05) is 0 Å². The van der Waals surface area contributed by atoms with Crippen LogP contribution in [0.4, 0.5) is 23.7 Å². The number of alkyl halides is 3. The summed E-state index contributed by atoms with van der Waals surface area (Å²) >= 11 is 0. The van der Waals surface area contributed by atoms with Gasteiger partial charge >= 0.3 is 12.2 Å². The Morgan fingerprint density at radius 2 is 2.06 bits per heavy atom. The number of nitrogens with one attached hydrogen (secondary N) is 2. The van der Waals surface area contributed by atoms with Gasteiger partial charge < -0.3 is 25.2 Å². The van der Waals surface area contributed by atoms with Crippen LogP contribution >= 0.6 is 0 Å². The molecule has 1 aliphatic heterocycles. The quantitative estimate of drug-likeness (QED) is 0.562. The van der Waals surface area contributed by atoms with Crippen molar-refractivity contribution < 1.29 is 32.5 Å². The van der Waals surface area contributed by atoms with Gasteiger partial charge in [0.2, 0.25) is 0 Å². The van der Waals surface area contributed by atoms with Gasteiger partial charge in [-0.15, -0.1) is 5.10 Å². The number of aryl methyl sites for hydroxylation is 1. The van der Waals surface area contributed by atoms with Gasteiger partial charge in [-0.1, -0.05) is 5.21 Å². The number of ether oxygens (including phenoxy) is 2. The molecule has 3 N–H and O–H groups in total. The second-order valence-electron chi connectivity index (χ2n) is 7.53. The molecule has 3 atom stereocenters. The third-order valence-corrected chi connectivity index (χ3v) is 5.14. The molecule has 0 unspecified atom stereocenters. The second-order valence-corrected chi connectivity index (χ2v) is 7.53. The monoisotopic (exact) mass is 457 g/mol. The van der Waals surface area contributed by atoms with Gasteiger partial charge in [0.05, 0.1) is 37.1 Å². The number of aliphatic hydroxyl groups is 1. The van der Waals surface area contributed by atoms with Crippen LogP contribution in [0.1, 0.15) is 30.5 Å². The highest BCUT2D eigenvalue weighted by atomic mass is 19.4. The van der Waals surface area contributed by atoms with Gasteiger partial charge in [-0.2, -0.15) is 13.2 Å². The minimum atomic E-state index is -4.44. The van der Waals surface area contributed by atoms with Crippen molar-refractivity contribution >= 4 is 11.7 Å². The summed E-state index contributed by atoms with van der Waals surface area (Å²) in [6, 6.07) is 3.15. The highest BCUT2D eigenvalue weighted by Gasteiger charge is 2.32. The van der Waals surface area contributed by atoms with Crippen LogP contribution in [0.5, 0.6) is 0 Å². The fourth-order valence-corrected chi connectivity index (χ4v) is 3.53. The Bertz CT molecular complexity index is 875. The van der Waals surface area contributed by atoms with Crippen LogP contribution in [-0.4, -0.2) is 58.1 Å². The molecule has 0 radical (unpaired) electrons. The molecule has 0 bridgehead atoms. The molecule has 2 amide bonds. The van der Waals surface area contributed by atoms with Crippen molar-refractivity contribution in [3.05, 3.63) is 41.7 Å². The molecule has 0 aliphatic carbocycles. The Labute approximate surface area is 182 Å². The van der Waals surface area contributed by atoms with E-state index in [2.05, 4.69) is 20.9 Å². The van der Waals surface area contributed by atoms with Gasteiger partial charge in [-0.3, -0.25) is 4.68 Å². The number of halogens is 3. The number of amides is 2. The zero-order valence-corrected chi connectivity index (χ0v) is 17.5. The molecule has 12 heteroatoms. The summed E-state index contributed by atoms with van der Waals surface area (Å²) in [5, 5.41) is 22.9. The van der Waals surface area contributed by atoms with Crippen LogP contribution in [0.25, 0.3) is 0 Å². The lowest BCUT2D eigenvalue weighted by atomic mass is 9.97. The van der Waals surface area contributed by atoms with E-state index in [9.17, 15) is 23.1 Å². The van der Waals surface area contributed by atoms with E-state index in [0.717, 1.165) is 17.8 Å². The average molecular weight is 457 g/mol. The van der Waals surface area contributed by atoms with E-state index in [0.29, 0.717) is 32.4 Å². The number of aliphatic hydroxyl groups excluding tert-OH is 1. The molecule has 1 saturated heterocycles. The lowest BCUT2D eigenvalue weighted by Crippen LogP contribution is -2.52. The first-order valence-electron chi connectivity index (χ1n) is 10.2. The summed E-state index contributed by atoms with van der Waals surface area (Å²) in [4.78, 5) is 12.3. The van der Waals surface area contributed by atoms with Gasteiger partial charge in [0.1, 0.15) is 11.8 Å². The molecular weight excluding hydrogens is 431 g/mol. The maximum absolute atomic E-state index is 12.6. The predicted octanol–water partition coefficient (Wildman–Crippen LogP) is 2.56. The van der Waals surface area contributed by atoms with Crippen LogP contribution in [-0.2, 0) is 28.8 Å². The van der Waals surface area contributed by atoms with Crippen molar-refractivity contribution in [2.45, 2.75) is 56.8 Å². The molecule has 0 saturated carbocycles. The number of rotatable bonds is 8. The fraction of sp³-hybridized carbons (Fsp3) is 0.550. The van der Waals surface area contributed by atoms with Crippen molar-refractivity contribution in [3.8, 4) is 0 Å².